The van der Waals surface area contributed by atoms with Crippen molar-refractivity contribution in [1.82, 2.24) is 14.7 Å². The molecule has 1 heterocycles. The third kappa shape index (κ3) is 3.13. The van der Waals surface area contributed by atoms with Crippen molar-refractivity contribution < 1.29 is 4.79 Å². The molecule has 0 aliphatic heterocycles. The first kappa shape index (κ1) is 13.1. The molecule has 0 aliphatic carbocycles. The Morgan fingerprint density at radius 1 is 1.37 bits per heavy atom. The van der Waals surface area contributed by atoms with Crippen LogP contribution in [0.15, 0.2) is 36.7 Å². The predicted octanol–water partition coefficient (Wildman–Crippen LogP) is 1.73. The van der Waals surface area contributed by atoms with Gasteiger partial charge in [0.2, 0.25) is 0 Å². The van der Waals surface area contributed by atoms with E-state index in [1.807, 2.05) is 43.7 Å². The number of aromatic nitrogens is 2. The minimum atomic E-state index is -0.00529. The number of aryl methyl sites for hydroxylation is 1. The van der Waals surface area contributed by atoms with E-state index in [4.69, 9.17) is 0 Å². The van der Waals surface area contributed by atoms with Gasteiger partial charge >= 0.3 is 0 Å². The Bertz CT molecular complexity index is 574. The van der Waals surface area contributed by atoms with Gasteiger partial charge < -0.3 is 10.2 Å². The number of nitrogens with one attached hydrogen (secondary N) is 1. The zero-order valence-electron chi connectivity index (χ0n) is 11.4. The lowest BCUT2D eigenvalue weighted by molar-refractivity contribution is 0.0828. The van der Waals surface area contributed by atoms with Gasteiger partial charge in [-0.2, -0.15) is 5.10 Å². The summed E-state index contributed by atoms with van der Waals surface area (Å²) in [6.45, 7) is 0.644. The lowest BCUT2D eigenvalue weighted by Crippen LogP contribution is -2.22. The highest BCUT2D eigenvalue weighted by Gasteiger charge is 2.12. The molecule has 0 atom stereocenters. The van der Waals surface area contributed by atoms with E-state index in [1.165, 1.54) is 0 Å². The molecule has 0 fully saturated rings. The van der Waals surface area contributed by atoms with E-state index in [-0.39, 0.29) is 5.91 Å². The third-order valence-corrected chi connectivity index (χ3v) is 2.80. The molecule has 0 aliphatic rings. The van der Waals surface area contributed by atoms with Crippen LogP contribution in [0.2, 0.25) is 0 Å². The highest BCUT2D eigenvalue weighted by atomic mass is 16.2. The molecular weight excluding hydrogens is 240 g/mol. The van der Waals surface area contributed by atoms with Crippen LogP contribution in [0, 0.1) is 0 Å². The van der Waals surface area contributed by atoms with Gasteiger partial charge in [-0.25, -0.2) is 0 Å². The second-order valence-electron chi connectivity index (χ2n) is 4.62. The van der Waals surface area contributed by atoms with Gasteiger partial charge in [-0.15, -0.1) is 0 Å². The van der Waals surface area contributed by atoms with Crippen LogP contribution in [0.4, 0.5) is 5.69 Å². The van der Waals surface area contributed by atoms with Crippen molar-refractivity contribution >= 4 is 11.6 Å². The second kappa shape index (κ2) is 5.56. The fourth-order valence-electron chi connectivity index (χ4n) is 1.83. The smallest absolute Gasteiger partial charge is 0.255 e. The summed E-state index contributed by atoms with van der Waals surface area (Å²) in [5.41, 5.74) is 2.59. The van der Waals surface area contributed by atoms with Gasteiger partial charge in [-0.3, -0.25) is 9.48 Å². The molecule has 1 aromatic heterocycles. The quantitative estimate of drug-likeness (QED) is 0.908. The average Bonchev–Trinajstić information content (AvgIpc) is 2.81. The Kier molecular flexibility index (Phi) is 3.85. The van der Waals surface area contributed by atoms with Crippen LogP contribution in [-0.4, -0.2) is 34.7 Å². The minimum absolute atomic E-state index is 0.00529. The van der Waals surface area contributed by atoms with Crippen LogP contribution in [0.5, 0.6) is 0 Å². The number of anilines is 1. The molecule has 0 saturated heterocycles. The van der Waals surface area contributed by atoms with Crippen LogP contribution in [0.25, 0.3) is 0 Å². The van der Waals surface area contributed by atoms with Gasteiger partial charge in [0.25, 0.3) is 5.91 Å². The molecular formula is C14H18N4O. The maximum absolute atomic E-state index is 12.1. The topological polar surface area (TPSA) is 50.2 Å². The molecule has 1 N–H and O–H groups in total. The summed E-state index contributed by atoms with van der Waals surface area (Å²) in [4.78, 5) is 13.6. The molecule has 0 radical (unpaired) electrons. The Balaban J connectivity index is 2.14. The first-order valence-electron chi connectivity index (χ1n) is 6.10. The van der Waals surface area contributed by atoms with E-state index < -0.39 is 0 Å². The fraction of sp³-hybridized carbons (Fsp3) is 0.286. The monoisotopic (exact) mass is 258 g/mol. The first-order valence-corrected chi connectivity index (χ1v) is 6.10. The molecule has 0 spiro atoms. The summed E-state index contributed by atoms with van der Waals surface area (Å²) in [6.07, 6.45) is 3.76. The van der Waals surface area contributed by atoms with Crippen molar-refractivity contribution in [2.45, 2.75) is 6.54 Å². The van der Waals surface area contributed by atoms with Gasteiger partial charge in [0.15, 0.2) is 0 Å². The van der Waals surface area contributed by atoms with Crippen molar-refractivity contribution in [3.05, 3.63) is 47.8 Å². The van der Waals surface area contributed by atoms with E-state index in [0.29, 0.717) is 12.1 Å². The lowest BCUT2D eigenvalue weighted by atomic mass is 10.1. The van der Waals surface area contributed by atoms with Gasteiger partial charge in [0.1, 0.15) is 0 Å². The second-order valence-corrected chi connectivity index (χ2v) is 4.62. The van der Waals surface area contributed by atoms with Crippen LogP contribution < -0.4 is 5.32 Å². The molecule has 2 rings (SSSR count). The standard InChI is InChI=1S/C14H18N4O/c1-17(2)14(19)12-6-4-5-7-13(12)15-8-11-9-16-18(3)10-11/h4-7,9-10,15H,8H2,1-3H3. The number of amides is 1. The summed E-state index contributed by atoms with van der Waals surface area (Å²) in [5.74, 6) is -0.00529. The summed E-state index contributed by atoms with van der Waals surface area (Å²) in [6, 6.07) is 7.52. The molecule has 2 aromatic rings. The summed E-state index contributed by atoms with van der Waals surface area (Å²) in [5, 5.41) is 7.39. The molecule has 0 saturated carbocycles. The number of benzene rings is 1. The average molecular weight is 258 g/mol. The molecule has 5 nitrogen and oxygen atoms in total. The molecule has 5 heteroatoms. The number of carbonyl (C=O) groups is 1. The Morgan fingerprint density at radius 2 is 2.11 bits per heavy atom. The summed E-state index contributed by atoms with van der Waals surface area (Å²) >= 11 is 0. The normalized spacial score (nSPS) is 10.3. The predicted molar refractivity (Wildman–Crippen MR) is 75.0 cm³/mol. The van der Waals surface area contributed by atoms with Gasteiger partial charge in [0.05, 0.1) is 11.8 Å². The Labute approximate surface area is 112 Å². The Morgan fingerprint density at radius 3 is 2.74 bits per heavy atom. The zero-order valence-corrected chi connectivity index (χ0v) is 11.4. The van der Waals surface area contributed by atoms with E-state index in [9.17, 15) is 4.79 Å². The maximum Gasteiger partial charge on any atom is 0.255 e. The van der Waals surface area contributed by atoms with E-state index >= 15 is 0 Å². The van der Waals surface area contributed by atoms with Gasteiger partial charge in [-0.05, 0) is 12.1 Å². The number of nitrogens with zero attached hydrogens (tertiary/aromatic N) is 3. The van der Waals surface area contributed by atoms with Gasteiger partial charge in [0, 0.05) is 45.1 Å². The highest BCUT2D eigenvalue weighted by Crippen LogP contribution is 2.17. The molecule has 100 valence electrons. The lowest BCUT2D eigenvalue weighted by Gasteiger charge is -2.14. The van der Waals surface area contributed by atoms with Crippen LogP contribution in [0.1, 0.15) is 15.9 Å². The SMILES string of the molecule is CN(C)C(=O)c1ccccc1NCc1cnn(C)c1. The third-order valence-electron chi connectivity index (χ3n) is 2.80. The van der Waals surface area contributed by atoms with E-state index in [1.54, 1.807) is 23.7 Å². The largest absolute Gasteiger partial charge is 0.380 e. The van der Waals surface area contributed by atoms with Crippen LogP contribution >= 0.6 is 0 Å². The number of rotatable bonds is 4. The van der Waals surface area contributed by atoms with Gasteiger partial charge in [-0.1, -0.05) is 12.1 Å². The summed E-state index contributed by atoms with van der Waals surface area (Å²) < 4.78 is 1.76. The molecule has 0 unspecified atom stereocenters. The minimum Gasteiger partial charge on any atom is -0.380 e. The zero-order chi connectivity index (χ0) is 13.8. The molecule has 1 aromatic carbocycles. The van der Waals surface area contributed by atoms with Crippen molar-refractivity contribution in [2.24, 2.45) is 7.05 Å². The first-order chi connectivity index (χ1) is 9.08. The number of hydrogen-bond donors (Lipinski definition) is 1. The number of hydrogen-bond acceptors (Lipinski definition) is 3. The van der Waals surface area contributed by atoms with E-state index in [0.717, 1.165) is 11.3 Å². The van der Waals surface area contributed by atoms with Crippen LogP contribution in [-0.2, 0) is 13.6 Å². The molecule has 19 heavy (non-hydrogen) atoms. The highest BCUT2D eigenvalue weighted by molar-refractivity contribution is 5.99. The maximum atomic E-state index is 12.1. The summed E-state index contributed by atoms with van der Waals surface area (Å²) in [7, 11) is 5.38. The van der Waals surface area contributed by atoms with Crippen molar-refractivity contribution in [3.63, 3.8) is 0 Å². The fourth-order valence-corrected chi connectivity index (χ4v) is 1.83. The molecule has 0 bridgehead atoms. The Hall–Kier alpha value is -2.30. The molecule has 1 amide bonds. The number of carbonyl (C=O) groups excluding carboxylic acids is 1. The van der Waals surface area contributed by atoms with Crippen molar-refractivity contribution in [1.29, 1.82) is 0 Å². The van der Waals surface area contributed by atoms with Crippen molar-refractivity contribution in [2.75, 3.05) is 19.4 Å². The number of para-hydroxylation sites is 1. The van der Waals surface area contributed by atoms with Crippen LogP contribution in [0.3, 0.4) is 0 Å². The van der Waals surface area contributed by atoms with Crippen molar-refractivity contribution in [3.8, 4) is 0 Å². The van der Waals surface area contributed by atoms with E-state index in [2.05, 4.69) is 10.4 Å².